The van der Waals surface area contributed by atoms with Gasteiger partial charge in [0, 0.05) is 13.6 Å². The number of carbonyl (C=O) groups excluding carboxylic acids is 1. The van der Waals surface area contributed by atoms with Crippen molar-refractivity contribution in [3.05, 3.63) is 64.3 Å². The van der Waals surface area contributed by atoms with Crippen LogP contribution in [0.25, 0.3) is 5.69 Å². The summed E-state index contributed by atoms with van der Waals surface area (Å²) in [7, 11) is 4.61. The number of benzene rings is 2. The van der Waals surface area contributed by atoms with Crippen molar-refractivity contribution in [3.8, 4) is 17.2 Å². The molecule has 0 bridgehead atoms. The van der Waals surface area contributed by atoms with Crippen LogP contribution in [0, 0.1) is 5.82 Å². The lowest BCUT2D eigenvalue weighted by Crippen LogP contribution is -2.40. The van der Waals surface area contributed by atoms with Crippen LogP contribution in [0.15, 0.2) is 47.3 Å². The molecule has 0 aliphatic heterocycles. The monoisotopic (exact) mass is 417 g/mol. The summed E-state index contributed by atoms with van der Waals surface area (Å²) in [5, 5.41) is 7.10. The Bertz CT molecular complexity index is 1100. The van der Waals surface area contributed by atoms with Crippen LogP contribution < -0.4 is 20.0 Å². The highest BCUT2D eigenvalue weighted by Crippen LogP contribution is 2.27. The average molecular weight is 417 g/mol. The van der Waals surface area contributed by atoms with E-state index >= 15 is 0 Å². The number of carbonyl (C=O) groups is 1. The number of tetrazole rings is 1. The zero-order chi connectivity index (χ0) is 21.7. The van der Waals surface area contributed by atoms with Gasteiger partial charge in [0.1, 0.15) is 5.82 Å². The molecule has 3 rings (SSSR count). The summed E-state index contributed by atoms with van der Waals surface area (Å²) in [5.41, 5.74) is 0.230. The fraction of sp³-hybridized carbons (Fsp3) is 0.263. The smallest absolute Gasteiger partial charge is 0.435 e. The molecular formula is C19H20FN5O5. The Kier molecular flexibility index (Phi) is 6.30. The Labute approximate surface area is 170 Å². The molecule has 0 N–H and O–H groups in total. The van der Waals surface area contributed by atoms with E-state index in [1.54, 1.807) is 20.3 Å². The summed E-state index contributed by atoms with van der Waals surface area (Å²) in [6, 6.07) is 10.7. The molecule has 0 spiro atoms. The molecule has 1 amide bonds. The largest absolute Gasteiger partial charge is 0.493 e. The molecule has 0 saturated heterocycles. The Balaban J connectivity index is 1.63. The lowest BCUT2D eigenvalue weighted by atomic mass is 10.1. The SMILES string of the molecule is COc1ccc(CCN(C)C(=O)On2nnn(-c3cccc(F)c3)c2=O)cc1OC. The number of likely N-dealkylation sites (N-methyl/N-ethyl adjacent to an activating group) is 1. The van der Waals surface area contributed by atoms with Crippen LogP contribution in [0.5, 0.6) is 11.5 Å². The van der Waals surface area contributed by atoms with Gasteiger partial charge in [-0.2, -0.15) is 4.68 Å². The van der Waals surface area contributed by atoms with Crippen molar-refractivity contribution in [2.75, 3.05) is 27.8 Å². The molecule has 0 atom stereocenters. The molecule has 0 saturated carbocycles. The van der Waals surface area contributed by atoms with Crippen LogP contribution in [-0.4, -0.2) is 58.8 Å². The molecule has 2 aromatic carbocycles. The maximum atomic E-state index is 13.3. The van der Waals surface area contributed by atoms with Crippen LogP contribution >= 0.6 is 0 Å². The highest BCUT2D eigenvalue weighted by atomic mass is 19.1. The van der Waals surface area contributed by atoms with E-state index < -0.39 is 17.6 Å². The number of rotatable bonds is 7. The van der Waals surface area contributed by atoms with Crippen molar-refractivity contribution in [3.63, 3.8) is 0 Å². The van der Waals surface area contributed by atoms with Crippen LogP contribution in [0.3, 0.4) is 0 Å². The quantitative estimate of drug-likeness (QED) is 0.534. The first-order valence-corrected chi connectivity index (χ1v) is 8.88. The minimum atomic E-state index is -0.845. The third kappa shape index (κ3) is 4.57. The van der Waals surface area contributed by atoms with Gasteiger partial charge in [-0.25, -0.2) is 14.0 Å². The van der Waals surface area contributed by atoms with Crippen LogP contribution in [-0.2, 0) is 6.42 Å². The van der Waals surface area contributed by atoms with Crippen molar-refractivity contribution in [1.29, 1.82) is 0 Å². The van der Waals surface area contributed by atoms with Crippen LogP contribution in [0.1, 0.15) is 5.56 Å². The van der Waals surface area contributed by atoms with Gasteiger partial charge in [-0.15, -0.1) is 0 Å². The summed E-state index contributed by atoms with van der Waals surface area (Å²) in [6.45, 7) is 0.307. The Morgan fingerprint density at radius 3 is 2.57 bits per heavy atom. The summed E-state index contributed by atoms with van der Waals surface area (Å²) in [6.07, 6.45) is -0.291. The number of hydrogen-bond donors (Lipinski definition) is 0. The van der Waals surface area contributed by atoms with E-state index in [-0.39, 0.29) is 5.69 Å². The molecule has 1 aromatic heterocycles. The van der Waals surface area contributed by atoms with Crippen molar-refractivity contribution in [2.45, 2.75) is 6.42 Å². The highest BCUT2D eigenvalue weighted by molar-refractivity contribution is 5.67. The van der Waals surface area contributed by atoms with E-state index in [0.717, 1.165) is 16.3 Å². The third-order valence-corrected chi connectivity index (χ3v) is 4.27. The molecule has 0 aliphatic rings. The summed E-state index contributed by atoms with van der Waals surface area (Å²) in [5.74, 6) is 0.649. The Morgan fingerprint density at radius 1 is 1.10 bits per heavy atom. The molecule has 0 fully saturated rings. The number of ether oxygens (including phenoxy) is 2. The van der Waals surface area contributed by atoms with Gasteiger partial charge in [0.15, 0.2) is 11.5 Å². The average Bonchev–Trinajstić information content (AvgIpc) is 3.11. The number of halogens is 1. The van der Waals surface area contributed by atoms with E-state index in [0.29, 0.717) is 29.3 Å². The Morgan fingerprint density at radius 2 is 1.87 bits per heavy atom. The Hall–Kier alpha value is -3.89. The maximum Gasteiger partial charge on any atom is 0.435 e. The number of hydrogen-bond acceptors (Lipinski definition) is 7. The maximum absolute atomic E-state index is 13.3. The van der Waals surface area contributed by atoms with Gasteiger partial charge in [0.05, 0.1) is 19.9 Å². The van der Waals surface area contributed by atoms with Gasteiger partial charge in [0.25, 0.3) is 0 Å². The van der Waals surface area contributed by atoms with Gasteiger partial charge in [-0.05, 0) is 57.6 Å². The van der Waals surface area contributed by atoms with E-state index in [4.69, 9.17) is 14.3 Å². The molecule has 0 radical (unpaired) electrons. The van der Waals surface area contributed by atoms with Crippen LogP contribution in [0.4, 0.5) is 9.18 Å². The minimum Gasteiger partial charge on any atom is -0.493 e. The van der Waals surface area contributed by atoms with Crippen molar-refractivity contribution in [2.24, 2.45) is 0 Å². The molecule has 30 heavy (non-hydrogen) atoms. The van der Waals surface area contributed by atoms with Gasteiger partial charge in [-0.1, -0.05) is 12.1 Å². The molecule has 0 aliphatic carbocycles. The summed E-state index contributed by atoms with van der Waals surface area (Å²) < 4.78 is 24.6. The third-order valence-electron chi connectivity index (χ3n) is 4.27. The second-order valence-electron chi connectivity index (χ2n) is 6.24. The normalized spacial score (nSPS) is 10.5. The van der Waals surface area contributed by atoms with Gasteiger partial charge in [-0.3, -0.25) is 4.84 Å². The molecule has 0 unspecified atom stereocenters. The molecular weight excluding hydrogens is 397 g/mol. The number of aromatic nitrogens is 4. The van der Waals surface area contributed by atoms with Gasteiger partial charge in [0.2, 0.25) is 0 Å². The first-order chi connectivity index (χ1) is 14.4. The van der Waals surface area contributed by atoms with Crippen molar-refractivity contribution < 1.29 is 23.5 Å². The number of amides is 1. The molecule has 3 aromatic rings. The van der Waals surface area contributed by atoms with Gasteiger partial charge < -0.3 is 14.4 Å². The van der Waals surface area contributed by atoms with Crippen LogP contribution in [0.2, 0.25) is 0 Å². The van der Waals surface area contributed by atoms with E-state index in [1.165, 1.54) is 30.1 Å². The topological polar surface area (TPSA) is 101 Å². The highest BCUT2D eigenvalue weighted by Gasteiger charge is 2.17. The fourth-order valence-electron chi connectivity index (χ4n) is 2.63. The molecule has 10 nitrogen and oxygen atoms in total. The first-order valence-electron chi connectivity index (χ1n) is 8.88. The number of methoxy groups -OCH3 is 2. The van der Waals surface area contributed by atoms with Crippen molar-refractivity contribution >= 4 is 6.09 Å². The molecule has 11 heteroatoms. The lowest BCUT2D eigenvalue weighted by molar-refractivity contribution is 0.0793. The lowest BCUT2D eigenvalue weighted by Gasteiger charge is -2.16. The predicted molar refractivity (Wildman–Crippen MR) is 103 cm³/mol. The first kappa shape index (κ1) is 20.8. The summed E-state index contributed by atoms with van der Waals surface area (Å²) >= 11 is 0. The standard InChI is InChI=1S/C19H20FN5O5/c1-23(10-9-13-7-8-16(28-2)17(11-13)29-3)19(27)30-25-18(26)24(21-22-25)15-6-4-5-14(20)12-15/h4-8,11-12H,9-10H2,1-3H3. The zero-order valence-electron chi connectivity index (χ0n) is 16.6. The second-order valence-corrected chi connectivity index (χ2v) is 6.24. The fourth-order valence-corrected chi connectivity index (χ4v) is 2.63. The second kappa shape index (κ2) is 9.07. The molecule has 1 heterocycles. The van der Waals surface area contributed by atoms with Gasteiger partial charge >= 0.3 is 11.8 Å². The predicted octanol–water partition coefficient (Wildman–Crippen LogP) is 1.31. The van der Waals surface area contributed by atoms with E-state index in [2.05, 4.69) is 10.4 Å². The molecule has 158 valence electrons. The zero-order valence-corrected chi connectivity index (χ0v) is 16.6. The van der Waals surface area contributed by atoms with Crippen molar-refractivity contribution in [1.82, 2.24) is 24.9 Å². The minimum absolute atomic E-state index is 0.157. The van der Waals surface area contributed by atoms with E-state index in [1.807, 2.05) is 12.1 Å². The number of nitrogens with zero attached hydrogens (tertiary/aromatic N) is 5. The van der Waals surface area contributed by atoms with E-state index in [9.17, 15) is 14.0 Å². The summed E-state index contributed by atoms with van der Waals surface area (Å²) in [4.78, 5) is 31.3.